The van der Waals surface area contributed by atoms with Gasteiger partial charge in [-0.05, 0) is 106 Å². The van der Waals surface area contributed by atoms with Crippen LogP contribution in [0, 0.1) is 32.1 Å². The van der Waals surface area contributed by atoms with Crippen LogP contribution in [0.25, 0.3) is 6.08 Å². The van der Waals surface area contributed by atoms with Crippen LogP contribution in [-0.2, 0) is 9.59 Å². The number of nitriles is 1. The van der Waals surface area contributed by atoms with Crippen LogP contribution >= 0.6 is 31.9 Å². The topological polar surface area (TPSA) is 91.2 Å². The van der Waals surface area contributed by atoms with Crippen molar-refractivity contribution in [1.82, 2.24) is 0 Å². The Bertz CT molecular complexity index is 1320. The molecule has 0 heterocycles. The minimum atomic E-state index is -0.507. The predicted octanol–water partition coefficient (Wildman–Crippen LogP) is 6.70. The molecule has 0 unspecified atom stereocenters. The molecular formula is C27H23Br2N3O3. The molecule has 0 atom stereocenters. The van der Waals surface area contributed by atoms with Crippen LogP contribution in [0.1, 0.15) is 22.3 Å². The lowest BCUT2D eigenvalue weighted by Gasteiger charge is -2.13. The third-order valence-electron chi connectivity index (χ3n) is 5.02. The van der Waals surface area contributed by atoms with Crippen LogP contribution in [0.5, 0.6) is 5.75 Å². The first kappa shape index (κ1) is 26.2. The molecule has 35 heavy (non-hydrogen) atoms. The van der Waals surface area contributed by atoms with Crippen molar-refractivity contribution in [3.63, 3.8) is 0 Å². The maximum absolute atomic E-state index is 12.5. The van der Waals surface area contributed by atoms with Gasteiger partial charge in [-0.25, -0.2) is 0 Å². The number of amides is 2. The molecule has 0 saturated heterocycles. The summed E-state index contributed by atoms with van der Waals surface area (Å²) >= 11 is 6.89. The lowest BCUT2D eigenvalue weighted by atomic mass is 10.1. The van der Waals surface area contributed by atoms with E-state index in [0.717, 1.165) is 22.4 Å². The zero-order chi connectivity index (χ0) is 25.5. The predicted molar refractivity (Wildman–Crippen MR) is 145 cm³/mol. The second-order valence-corrected chi connectivity index (χ2v) is 9.67. The summed E-state index contributed by atoms with van der Waals surface area (Å²) in [6.07, 6.45) is 1.48. The molecule has 0 bridgehead atoms. The largest absolute Gasteiger partial charge is 0.481 e. The molecule has 0 aliphatic carbocycles. The van der Waals surface area contributed by atoms with Crippen LogP contribution in [0.4, 0.5) is 11.4 Å². The Hall–Kier alpha value is -3.41. The summed E-state index contributed by atoms with van der Waals surface area (Å²) < 4.78 is 6.85. The van der Waals surface area contributed by atoms with Gasteiger partial charge in [-0.3, -0.25) is 9.59 Å². The molecule has 0 fully saturated rings. The van der Waals surface area contributed by atoms with E-state index in [1.165, 1.54) is 6.08 Å². The van der Waals surface area contributed by atoms with E-state index in [1.54, 1.807) is 24.3 Å². The molecule has 0 spiro atoms. The van der Waals surface area contributed by atoms with Crippen LogP contribution in [0.2, 0.25) is 0 Å². The molecule has 178 valence electrons. The zero-order valence-electron chi connectivity index (χ0n) is 19.4. The molecule has 0 aromatic heterocycles. The van der Waals surface area contributed by atoms with E-state index in [2.05, 4.69) is 42.5 Å². The number of benzene rings is 3. The van der Waals surface area contributed by atoms with Crippen LogP contribution < -0.4 is 15.4 Å². The fourth-order valence-electron chi connectivity index (χ4n) is 3.15. The minimum absolute atomic E-state index is 0.0501. The molecule has 3 aromatic rings. The standard InChI is InChI=1S/C27H23Br2N3O3/c1-16-5-8-21(9-6-16)31-27(34)20(14-30)11-19-12-22(28)26(23(29)13-19)35-15-25(33)32-24-10-17(2)4-7-18(24)3/h4-13H,15H2,1-3H3,(H,31,34)(H,32,33)/b20-11-. The van der Waals surface area contributed by atoms with Gasteiger partial charge in [0.2, 0.25) is 0 Å². The van der Waals surface area contributed by atoms with Crippen molar-refractivity contribution in [2.24, 2.45) is 0 Å². The first-order valence-corrected chi connectivity index (χ1v) is 12.2. The van der Waals surface area contributed by atoms with E-state index in [-0.39, 0.29) is 18.1 Å². The number of ether oxygens (including phenoxy) is 1. The summed E-state index contributed by atoms with van der Waals surface area (Å²) in [4.78, 5) is 25.0. The van der Waals surface area contributed by atoms with Crippen molar-refractivity contribution >= 4 is 61.1 Å². The number of nitrogens with one attached hydrogen (secondary N) is 2. The highest BCUT2D eigenvalue weighted by Gasteiger charge is 2.14. The molecule has 2 amide bonds. The average Bonchev–Trinajstić information content (AvgIpc) is 2.80. The van der Waals surface area contributed by atoms with Gasteiger partial charge in [0.1, 0.15) is 17.4 Å². The Morgan fingerprint density at radius 1 is 0.943 bits per heavy atom. The van der Waals surface area contributed by atoms with Gasteiger partial charge in [0.05, 0.1) is 8.95 Å². The number of hydrogen-bond donors (Lipinski definition) is 2. The van der Waals surface area contributed by atoms with E-state index >= 15 is 0 Å². The van der Waals surface area contributed by atoms with Crippen molar-refractivity contribution < 1.29 is 14.3 Å². The third kappa shape index (κ3) is 7.28. The summed E-state index contributed by atoms with van der Waals surface area (Å²) in [7, 11) is 0. The summed E-state index contributed by atoms with van der Waals surface area (Å²) in [5, 5.41) is 15.1. The number of carbonyl (C=O) groups is 2. The molecule has 0 aliphatic heterocycles. The second kappa shape index (κ2) is 11.8. The number of hydrogen-bond acceptors (Lipinski definition) is 4. The van der Waals surface area contributed by atoms with Crippen molar-refractivity contribution in [2.75, 3.05) is 17.2 Å². The Balaban J connectivity index is 1.70. The van der Waals surface area contributed by atoms with Gasteiger partial charge in [-0.1, -0.05) is 29.8 Å². The number of carbonyl (C=O) groups excluding carboxylic acids is 2. The Kier molecular flexibility index (Phi) is 8.85. The van der Waals surface area contributed by atoms with Crippen LogP contribution in [-0.4, -0.2) is 18.4 Å². The van der Waals surface area contributed by atoms with E-state index < -0.39 is 5.91 Å². The first-order valence-electron chi connectivity index (χ1n) is 10.6. The number of anilines is 2. The number of rotatable bonds is 7. The van der Waals surface area contributed by atoms with Gasteiger partial charge in [-0.15, -0.1) is 0 Å². The Morgan fingerprint density at radius 2 is 1.57 bits per heavy atom. The Labute approximate surface area is 221 Å². The number of nitrogens with zero attached hydrogens (tertiary/aromatic N) is 1. The smallest absolute Gasteiger partial charge is 0.266 e. The molecular weight excluding hydrogens is 574 g/mol. The summed E-state index contributed by atoms with van der Waals surface area (Å²) in [5.74, 6) is -0.367. The first-order chi connectivity index (χ1) is 16.7. The van der Waals surface area contributed by atoms with Gasteiger partial charge in [0, 0.05) is 11.4 Å². The molecule has 3 rings (SSSR count). The van der Waals surface area contributed by atoms with Crippen molar-refractivity contribution in [2.45, 2.75) is 20.8 Å². The summed E-state index contributed by atoms with van der Waals surface area (Å²) in [5.41, 5.74) is 4.97. The van der Waals surface area contributed by atoms with E-state index in [4.69, 9.17) is 4.74 Å². The van der Waals surface area contributed by atoms with Gasteiger partial charge in [0.15, 0.2) is 6.61 Å². The Morgan fingerprint density at radius 3 is 2.20 bits per heavy atom. The monoisotopic (exact) mass is 595 g/mol. The molecule has 0 saturated carbocycles. The molecule has 0 radical (unpaired) electrons. The van der Waals surface area contributed by atoms with E-state index in [9.17, 15) is 14.9 Å². The fraction of sp³-hybridized carbons (Fsp3) is 0.148. The molecule has 3 aromatic carbocycles. The van der Waals surface area contributed by atoms with E-state index in [0.29, 0.717) is 25.9 Å². The summed E-state index contributed by atoms with van der Waals surface area (Å²) in [6, 6.07) is 18.5. The SMILES string of the molecule is Cc1ccc(NC(=O)/C(C#N)=C\c2cc(Br)c(OCC(=O)Nc3cc(C)ccc3C)c(Br)c2)cc1. The number of halogens is 2. The van der Waals surface area contributed by atoms with Crippen LogP contribution in [0.3, 0.4) is 0 Å². The highest BCUT2D eigenvalue weighted by Crippen LogP contribution is 2.35. The second-order valence-electron chi connectivity index (χ2n) is 7.96. The van der Waals surface area contributed by atoms with E-state index in [1.807, 2.05) is 57.2 Å². The highest BCUT2D eigenvalue weighted by atomic mass is 79.9. The van der Waals surface area contributed by atoms with Crippen molar-refractivity contribution in [3.05, 3.63) is 91.4 Å². The van der Waals surface area contributed by atoms with Gasteiger partial charge >= 0.3 is 0 Å². The molecule has 6 nitrogen and oxygen atoms in total. The third-order valence-corrected chi connectivity index (χ3v) is 6.20. The highest BCUT2D eigenvalue weighted by molar-refractivity contribution is 9.11. The zero-order valence-corrected chi connectivity index (χ0v) is 22.6. The molecule has 8 heteroatoms. The minimum Gasteiger partial charge on any atom is -0.481 e. The lowest BCUT2D eigenvalue weighted by molar-refractivity contribution is -0.118. The van der Waals surface area contributed by atoms with Gasteiger partial charge in [-0.2, -0.15) is 5.26 Å². The quantitative estimate of drug-likeness (QED) is 0.234. The average molecular weight is 597 g/mol. The summed E-state index contributed by atoms with van der Waals surface area (Å²) in [6.45, 7) is 5.64. The van der Waals surface area contributed by atoms with Crippen molar-refractivity contribution in [1.29, 1.82) is 5.26 Å². The maximum atomic E-state index is 12.5. The van der Waals surface area contributed by atoms with Crippen molar-refractivity contribution in [3.8, 4) is 11.8 Å². The molecule has 2 N–H and O–H groups in total. The van der Waals surface area contributed by atoms with Gasteiger partial charge in [0.25, 0.3) is 11.8 Å². The fourth-order valence-corrected chi connectivity index (χ4v) is 4.60. The number of aryl methyl sites for hydroxylation is 3. The van der Waals surface area contributed by atoms with Crippen LogP contribution in [0.15, 0.2) is 69.1 Å². The normalized spacial score (nSPS) is 10.9. The molecule has 0 aliphatic rings. The maximum Gasteiger partial charge on any atom is 0.266 e. The lowest BCUT2D eigenvalue weighted by Crippen LogP contribution is -2.21. The van der Waals surface area contributed by atoms with Gasteiger partial charge < -0.3 is 15.4 Å².